The van der Waals surface area contributed by atoms with Gasteiger partial charge in [0.1, 0.15) is 0 Å². The second-order valence-electron chi connectivity index (χ2n) is 17.0. The third-order valence-corrected chi connectivity index (χ3v) is 14.2. The van der Waals surface area contributed by atoms with Crippen LogP contribution in [0, 0.1) is 35.5 Å². The lowest BCUT2D eigenvalue weighted by Crippen LogP contribution is -2.42. The highest BCUT2D eigenvalue weighted by Gasteiger charge is 2.38. The Morgan fingerprint density at radius 1 is 0.411 bits per heavy atom. The fourth-order valence-corrected chi connectivity index (χ4v) is 11.7. The van der Waals surface area contributed by atoms with Gasteiger partial charge in [0, 0.05) is 23.7 Å². The predicted octanol–water partition coefficient (Wildman–Crippen LogP) is 10.4. The van der Waals surface area contributed by atoms with E-state index >= 15 is 0 Å². The average Bonchev–Trinajstić information content (AvgIpc) is 3.27. The van der Waals surface area contributed by atoms with Gasteiger partial charge < -0.3 is 0 Å². The molecule has 0 amide bonds. The van der Waals surface area contributed by atoms with Gasteiger partial charge in [-0.05, 0) is 140 Å². The Morgan fingerprint density at radius 3 is 1.52 bits per heavy atom. The first-order valence-electron chi connectivity index (χ1n) is 21.4. The van der Waals surface area contributed by atoms with Crippen molar-refractivity contribution in [1.82, 2.24) is 0 Å². The lowest BCUT2D eigenvalue weighted by molar-refractivity contribution is 0.449. The Balaban J connectivity index is 1.05. The molecule has 0 heterocycles. The monoisotopic (exact) mass is 722 g/mol. The quantitative estimate of drug-likeness (QED) is 0.288. The van der Waals surface area contributed by atoms with Crippen molar-refractivity contribution >= 4 is 22.3 Å². The molecule has 274 valence electrons. The molecule has 0 nitrogen and oxygen atoms in total. The maximum absolute atomic E-state index is 2.56. The first-order valence-corrected chi connectivity index (χ1v) is 21.4. The summed E-state index contributed by atoms with van der Waals surface area (Å²) in [5, 5.41) is 5.74. The molecule has 2 aromatic carbocycles. The molecule has 0 aliphatic heterocycles. The normalized spacial score (nSPS) is 29.6. The molecule has 0 saturated heterocycles. The van der Waals surface area contributed by atoms with Gasteiger partial charge in [-0.15, -0.1) is 0 Å². The predicted molar refractivity (Wildman–Crippen MR) is 235 cm³/mol. The van der Waals surface area contributed by atoms with Gasteiger partial charge >= 0.3 is 0 Å². The van der Waals surface area contributed by atoms with E-state index in [0.29, 0.717) is 35.5 Å². The Hall–Kier alpha value is -5.46. The molecule has 0 radical (unpaired) electrons. The van der Waals surface area contributed by atoms with Crippen molar-refractivity contribution in [3.63, 3.8) is 0 Å². The third kappa shape index (κ3) is 5.63. The third-order valence-electron chi connectivity index (χ3n) is 14.2. The summed E-state index contributed by atoms with van der Waals surface area (Å²) >= 11 is 0. The average molecular weight is 723 g/mol. The molecule has 0 fully saturated rings. The lowest BCUT2D eigenvalue weighted by atomic mass is 9.64. The molecule has 2 aromatic rings. The first kappa shape index (κ1) is 33.8. The minimum Gasteiger partial charge on any atom is -0.0842 e. The van der Waals surface area contributed by atoms with E-state index in [9.17, 15) is 0 Å². The number of allylic oxidation sites excluding steroid dienone is 26. The maximum Gasteiger partial charge on any atom is 0.0134 e. The summed E-state index contributed by atoms with van der Waals surface area (Å²) in [5.74, 6) is 2.38. The van der Waals surface area contributed by atoms with Crippen LogP contribution in [0.2, 0.25) is 0 Å². The molecule has 9 aliphatic rings. The summed E-state index contributed by atoms with van der Waals surface area (Å²) in [7, 11) is 0. The highest BCUT2D eigenvalue weighted by atomic mass is 14.4. The van der Waals surface area contributed by atoms with Gasteiger partial charge in [0.25, 0.3) is 0 Å². The largest absolute Gasteiger partial charge is 0.0842 e. The van der Waals surface area contributed by atoms with Gasteiger partial charge in [0.2, 0.25) is 0 Å². The molecule has 11 rings (SSSR count). The SMILES string of the molecule is C1=CCCC(C2=c3ccccc3=C(C3=CC=C(C4=c5ccccc5=C(C5=CC=CCC5C5C=CC6=C(C=CCC6)C5)C5C=CC=CC45)CC3)C3C=CC=CC23)=C1. The van der Waals surface area contributed by atoms with E-state index in [1.807, 2.05) is 0 Å². The van der Waals surface area contributed by atoms with Gasteiger partial charge in [0.05, 0.1) is 0 Å². The topological polar surface area (TPSA) is 0 Å². The van der Waals surface area contributed by atoms with Crippen molar-refractivity contribution in [1.29, 1.82) is 0 Å². The highest BCUT2D eigenvalue weighted by molar-refractivity contribution is 5.84. The molecule has 0 heteroatoms. The Bertz CT molecular complexity index is 2710. The van der Waals surface area contributed by atoms with Crippen LogP contribution in [0.25, 0.3) is 22.3 Å². The van der Waals surface area contributed by atoms with E-state index in [0.717, 1.165) is 38.5 Å². The highest BCUT2D eigenvalue weighted by Crippen LogP contribution is 2.49. The molecule has 0 bridgehead atoms. The molecule has 9 aliphatic carbocycles. The van der Waals surface area contributed by atoms with E-state index in [2.05, 4.69) is 170 Å². The van der Waals surface area contributed by atoms with Crippen molar-refractivity contribution in [2.45, 2.75) is 51.4 Å². The number of rotatable bonds is 5. The number of hydrogen-bond donors (Lipinski definition) is 0. The van der Waals surface area contributed by atoms with Gasteiger partial charge in [-0.25, -0.2) is 0 Å². The van der Waals surface area contributed by atoms with Crippen molar-refractivity contribution in [3.05, 3.63) is 224 Å². The zero-order chi connectivity index (χ0) is 37.0. The van der Waals surface area contributed by atoms with E-state index < -0.39 is 0 Å². The zero-order valence-corrected chi connectivity index (χ0v) is 32.3. The number of fused-ring (bicyclic) bond motifs is 4. The minimum absolute atomic E-state index is 0.324. The van der Waals surface area contributed by atoms with Crippen LogP contribution in [0.5, 0.6) is 0 Å². The van der Waals surface area contributed by atoms with Gasteiger partial charge in [-0.3, -0.25) is 0 Å². The zero-order valence-electron chi connectivity index (χ0n) is 32.3. The standard InChI is InChI=1S/C56H50/c1-2-17-38(18-3-1)53-45-22-8-10-24-47(45)54(48-25-11-9-23-46(48)53)39-31-33-40(34-32-39)55-49-26-12-14-28-51(49)56(52-29-15-13-27-50(52)55)44-21-7-6-20-43(44)42-35-30-37-16-4-5-19-41(37)36-42/h1-2,5-15,17,19,21-31,33,35,42-43,45,47,49,51H,3-4,16,18,20,32,34,36H2. The van der Waals surface area contributed by atoms with Gasteiger partial charge in [-0.2, -0.15) is 0 Å². The van der Waals surface area contributed by atoms with Gasteiger partial charge in [-0.1, -0.05) is 170 Å². The van der Waals surface area contributed by atoms with Crippen LogP contribution in [0.1, 0.15) is 51.4 Å². The van der Waals surface area contributed by atoms with E-state index in [1.54, 1.807) is 22.3 Å². The Labute approximate surface area is 332 Å². The van der Waals surface area contributed by atoms with Crippen LogP contribution < -0.4 is 20.9 Å². The van der Waals surface area contributed by atoms with E-state index in [1.165, 1.54) is 67.2 Å². The van der Waals surface area contributed by atoms with E-state index in [-0.39, 0.29) is 0 Å². The van der Waals surface area contributed by atoms with Crippen LogP contribution >= 0.6 is 0 Å². The number of benzene rings is 2. The van der Waals surface area contributed by atoms with Crippen molar-refractivity contribution in [2.75, 3.05) is 0 Å². The van der Waals surface area contributed by atoms with Crippen LogP contribution in [0.4, 0.5) is 0 Å². The van der Waals surface area contributed by atoms with Crippen molar-refractivity contribution in [2.24, 2.45) is 35.5 Å². The summed E-state index contributed by atoms with van der Waals surface area (Å²) in [6.45, 7) is 0. The smallest absolute Gasteiger partial charge is 0.0134 e. The molecule has 0 spiro atoms. The summed E-state index contributed by atoms with van der Waals surface area (Å²) < 4.78 is 0. The first-order chi connectivity index (χ1) is 27.8. The van der Waals surface area contributed by atoms with Crippen LogP contribution in [0.3, 0.4) is 0 Å². The van der Waals surface area contributed by atoms with Crippen LogP contribution in [-0.2, 0) is 0 Å². The van der Waals surface area contributed by atoms with Crippen molar-refractivity contribution < 1.29 is 0 Å². The minimum atomic E-state index is 0.324. The summed E-state index contributed by atoms with van der Waals surface area (Å²) in [4.78, 5) is 0. The molecule has 6 unspecified atom stereocenters. The molecule has 0 saturated carbocycles. The van der Waals surface area contributed by atoms with Crippen LogP contribution in [0.15, 0.2) is 203 Å². The summed E-state index contributed by atoms with van der Waals surface area (Å²) in [6.07, 6.45) is 57.2. The number of hydrogen-bond acceptors (Lipinski definition) is 0. The van der Waals surface area contributed by atoms with Gasteiger partial charge in [0.15, 0.2) is 0 Å². The van der Waals surface area contributed by atoms with Crippen LogP contribution in [-0.4, -0.2) is 0 Å². The molecular formula is C56H50. The Kier molecular flexibility index (Phi) is 8.60. The molecule has 56 heavy (non-hydrogen) atoms. The summed E-state index contributed by atoms with van der Waals surface area (Å²) in [6, 6.07) is 18.7. The Morgan fingerprint density at radius 2 is 0.946 bits per heavy atom. The fourth-order valence-electron chi connectivity index (χ4n) is 11.7. The van der Waals surface area contributed by atoms with Crippen molar-refractivity contribution in [3.8, 4) is 0 Å². The molecule has 6 atom stereocenters. The summed E-state index contributed by atoms with van der Waals surface area (Å²) in [5.41, 5.74) is 15.4. The lowest BCUT2D eigenvalue weighted by Gasteiger charge is -2.39. The molecule has 0 aromatic heterocycles. The fraction of sp³-hybridized carbons (Fsp3) is 0.250. The maximum atomic E-state index is 2.56. The molecule has 0 N–H and O–H groups in total. The van der Waals surface area contributed by atoms with E-state index in [4.69, 9.17) is 0 Å². The molecular weight excluding hydrogens is 673 g/mol. The second kappa shape index (κ2) is 14.2. The second-order valence-corrected chi connectivity index (χ2v) is 17.0.